The highest BCUT2D eigenvalue weighted by Crippen LogP contribution is 2.09. The van der Waals surface area contributed by atoms with Crippen LogP contribution in [0.25, 0.3) is 0 Å². The molecular formula is C17H32N6O2. The normalized spacial score (nSPS) is 11.7. The summed E-state index contributed by atoms with van der Waals surface area (Å²) in [6.45, 7) is 13.0. The molecule has 0 aliphatic heterocycles. The molecule has 142 valence electrons. The zero-order chi connectivity index (χ0) is 18.8. The predicted molar refractivity (Wildman–Crippen MR) is 98.6 cm³/mol. The maximum Gasteiger partial charge on any atom is 0.242 e. The molecule has 1 aromatic rings. The van der Waals surface area contributed by atoms with Gasteiger partial charge in [-0.15, -0.1) is 0 Å². The molecule has 0 atom stereocenters. The number of hydrogen-bond donors (Lipinski definition) is 1. The van der Waals surface area contributed by atoms with E-state index in [1.165, 1.54) is 0 Å². The molecule has 1 N–H and O–H groups in total. The molecule has 0 fully saturated rings. The van der Waals surface area contributed by atoms with Gasteiger partial charge < -0.3 is 19.6 Å². The SMILES string of the molecule is CCNC(=NCCc1nc(C(C)C)no1)N(C)CC(=O)N(CC)CC. The second-order valence-electron chi connectivity index (χ2n) is 6.11. The Kier molecular flexibility index (Phi) is 8.94. The van der Waals surface area contributed by atoms with Crippen molar-refractivity contribution in [3.05, 3.63) is 11.7 Å². The van der Waals surface area contributed by atoms with Gasteiger partial charge >= 0.3 is 0 Å². The lowest BCUT2D eigenvalue weighted by Gasteiger charge is -2.25. The van der Waals surface area contributed by atoms with E-state index in [0.717, 1.165) is 6.54 Å². The van der Waals surface area contributed by atoms with Crippen molar-refractivity contribution >= 4 is 11.9 Å². The Morgan fingerprint density at radius 2 is 1.96 bits per heavy atom. The van der Waals surface area contributed by atoms with E-state index >= 15 is 0 Å². The van der Waals surface area contributed by atoms with Gasteiger partial charge in [0.1, 0.15) is 0 Å². The molecule has 1 aromatic heterocycles. The van der Waals surface area contributed by atoms with Crippen molar-refractivity contribution in [1.82, 2.24) is 25.3 Å². The van der Waals surface area contributed by atoms with Crippen molar-refractivity contribution < 1.29 is 9.32 Å². The third-order valence-electron chi connectivity index (χ3n) is 3.77. The number of hydrogen-bond acceptors (Lipinski definition) is 5. The summed E-state index contributed by atoms with van der Waals surface area (Å²) < 4.78 is 5.23. The molecule has 0 saturated carbocycles. The van der Waals surface area contributed by atoms with E-state index in [4.69, 9.17) is 4.52 Å². The Morgan fingerprint density at radius 3 is 2.48 bits per heavy atom. The first-order valence-electron chi connectivity index (χ1n) is 9.02. The van der Waals surface area contributed by atoms with E-state index < -0.39 is 0 Å². The number of guanidine groups is 1. The number of nitrogens with zero attached hydrogens (tertiary/aromatic N) is 5. The van der Waals surface area contributed by atoms with Crippen LogP contribution in [0.1, 0.15) is 52.3 Å². The summed E-state index contributed by atoms with van der Waals surface area (Å²) in [6.07, 6.45) is 0.576. The molecule has 0 radical (unpaired) electrons. The Bertz CT molecular complexity index is 551. The number of rotatable bonds is 9. The smallest absolute Gasteiger partial charge is 0.242 e. The third-order valence-corrected chi connectivity index (χ3v) is 3.77. The molecule has 25 heavy (non-hydrogen) atoms. The average molecular weight is 352 g/mol. The van der Waals surface area contributed by atoms with E-state index in [2.05, 4.69) is 20.4 Å². The van der Waals surface area contributed by atoms with E-state index in [1.807, 2.05) is 51.5 Å². The minimum atomic E-state index is 0.0941. The number of likely N-dealkylation sites (N-methyl/N-ethyl adjacent to an activating group) is 2. The molecule has 8 nitrogen and oxygen atoms in total. The lowest BCUT2D eigenvalue weighted by Crippen LogP contribution is -2.45. The molecular weight excluding hydrogens is 320 g/mol. The van der Waals surface area contributed by atoms with Gasteiger partial charge in [-0.2, -0.15) is 4.98 Å². The standard InChI is InChI=1S/C17H32N6O2/c1-7-18-17(22(6)12-15(24)23(8-2)9-3)19-11-10-14-20-16(13(4)5)21-25-14/h13H,7-12H2,1-6H3,(H,18,19). The van der Waals surface area contributed by atoms with Gasteiger partial charge in [-0.25, -0.2) is 0 Å². The first-order valence-corrected chi connectivity index (χ1v) is 9.02. The van der Waals surface area contributed by atoms with E-state index in [0.29, 0.717) is 50.3 Å². The van der Waals surface area contributed by atoms with Gasteiger partial charge in [0, 0.05) is 39.0 Å². The second kappa shape index (κ2) is 10.7. The fraction of sp³-hybridized carbons (Fsp3) is 0.765. The zero-order valence-corrected chi connectivity index (χ0v) is 16.4. The lowest BCUT2D eigenvalue weighted by atomic mass is 10.2. The molecule has 0 aliphatic rings. The number of nitrogens with one attached hydrogen (secondary N) is 1. The van der Waals surface area contributed by atoms with Crippen molar-refractivity contribution in [3.63, 3.8) is 0 Å². The molecule has 0 aliphatic carbocycles. The Hall–Kier alpha value is -2.12. The van der Waals surface area contributed by atoms with Crippen molar-refractivity contribution in [2.24, 2.45) is 4.99 Å². The van der Waals surface area contributed by atoms with E-state index in [9.17, 15) is 4.79 Å². The Morgan fingerprint density at radius 1 is 1.28 bits per heavy atom. The zero-order valence-electron chi connectivity index (χ0n) is 16.4. The Labute approximate surface area is 150 Å². The number of carbonyl (C=O) groups excluding carboxylic acids is 1. The van der Waals surface area contributed by atoms with Crippen molar-refractivity contribution in [2.45, 2.75) is 47.0 Å². The monoisotopic (exact) mass is 352 g/mol. The molecule has 1 amide bonds. The summed E-state index contributed by atoms with van der Waals surface area (Å²) in [5.41, 5.74) is 0. The van der Waals surface area contributed by atoms with Crippen LogP contribution in [-0.4, -0.2) is 71.6 Å². The highest BCUT2D eigenvalue weighted by atomic mass is 16.5. The van der Waals surface area contributed by atoms with Crippen LogP contribution in [0, 0.1) is 0 Å². The van der Waals surface area contributed by atoms with Crippen LogP contribution in [0.5, 0.6) is 0 Å². The maximum absolute atomic E-state index is 12.3. The number of aromatic nitrogens is 2. The van der Waals surface area contributed by atoms with Gasteiger partial charge in [0.05, 0.1) is 13.1 Å². The number of carbonyl (C=O) groups is 1. The first-order chi connectivity index (χ1) is 11.9. The van der Waals surface area contributed by atoms with Crippen LogP contribution < -0.4 is 5.32 Å². The summed E-state index contributed by atoms with van der Waals surface area (Å²) in [4.78, 5) is 24.8. The summed E-state index contributed by atoms with van der Waals surface area (Å²) in [6, 6.07) is 0. The van der Waals surface area contributed by atoms with Gasteiger partial charge in [-0.05, 0) is 20.8 Å². The van der Waals surface area contributed by atoms with Crippen LogP contribution in [-0.2, 0) is 11.2 Å². The van der Waals surface area contributed by atoms with Crippen molar-refractivity contribution in [1.29, 1.82) is 0 Å². The molecule has 8 heteroatoms. The Balaban J connectivity index is 2.63. The predicted octanol–water partition coefficient (Wildman–Crippen LogP) is 1.50. The van der Waals surface area contributed by atoms with Gasteiger partial charge in [-0.3, -0.25) is 9.79 Å². The highest BCUT2D eigenvalue weighted by molar-refractivity contribution is 5.86. The van der Waals surface area contributed by atoms with Crippen LogP contribution in [0.4, 0.5) is 0 Å². The molecule has 1 heterocycles. The van der Waals surface area contributed by atoms with E-state index in [1.54, 1.807) is 0 Å². The third kappa shape index (κ3) is 6.72. The molecule has 0 bridgehead atoms. The van der Waals surface area contributed by atoms with E-state index in [-0.39, 0.29) is 11.8 Å². The maximum atomic E-state index is 12.3. The van der Waals surface area contributed by atoms with Crippen molar-refractivity contribution in [2.75, 3.05) is 39.8 Å². The quantitative estimate of drug-likeness (QED) is 0.535. The minimum Gasteiger partial charge on any atom is -0.357 e. The van der Waals surface area contributed by atoms with Gasteiger partial charge in [0.2, 0.25) is 11.8 Å². The summed E-state index contributed by atoms with van der Waals surface area (Å²) in [7, 11) is 1.87. The fourth-order valence-electron chi connectivity index (χ4n) is 2.29. The molecule has 1 rings (SSSR count). The van der Waals surface area contributed by atoms with Gasteiger partial charge in [0.25, 0.3) is 0 Å². The van der Waals surface area contributed by atoms with Crippen LogP contribution >= 0.6 is 0 Å². The lowest BCUT2D eigenvalue weighted by molar-refractivity contribution is -0.131. The second-order valence-corrected chi connectivity index (χ2v) is 6.11. The number of amides is 1. The topological polar surface area (TPSA) is 86.9 Å². The number of aliphatic imine (C=N–C) groups is 1. The van der Waals surface area contributed by atoms with Crippen LogP contribution in [0.2, 0.25) is 0 Å². The van der Waals surface area contributed by atoms with Crippen LogP contribution in [0.3, 0.4) is 0 Å². The molecule has 0 saturated heterocycles. The largest absolute Gasteiger partial charge is 0.357 e. The minimum absolute atomic E-state index is 0.0941. The van der Waals surface area contributed by atoms with Crippen LogP contribution in [0.15, 0.2) is 9.52 Å². The first kappa shape index (κ1) is 20.9. The summed E-state index contributed by atoms with van der Waals surface area (Å²) >= 11 is 0. The highest BCUT2D eigenvalue weighted by Gasteiger charge is 2.15. The fourth-order valence-corrected chi connectivity index (χ4v) is 2.29. The van der Waals surface area contributed by atoms with Crippen molar-refractivity contribution in [3.8, 4) is 0 Å². The summed E-state index contributed by atoms with van der Waals surface area (Å²) in [5, 5.41) is 7.16. The average Bonchev–Trinajstić information content (AvgIpc) is 3.04. The summed E-state index contributed by atoms with van der Waals surface area (Å²) in [5.74, 6) is 2.34. The molecule has 0 spiro atoms. The van der Waals surface area contributed by atoms with Gasteiger partial charge in [0.15, 0.2) is 11.8 Å². The molecule has 0 aromatic carbocycles. The van der Waals surface area contributed by atoms with Gasteiger partial charge in [-0.1, -0.05) is 19.0 Å². The molecule has 0 unspecified atom stereocenters.